The second-order valence-electron chi connectivity index (χ2n) is 15.2. The number of carboxylic acid groups (broad SMARTS) is 1. The number of hydrogen-bond acceptors (Lipinski definition) is 14. The van der Waals surface area contributed by atoms with Gasteiger partial charge in [-0.05, 0) is 76.6 Å². The minimum absolute atomic E-state index is 0.0296. The number of nitrogen functional groups attached to an aromatic ring is 1. The number of carbonyl (C=O) groups excluding carboxylic acids is 4. The molecule has 0 aliphatic heterocycles. The Balaban J connectivity index is 1.42. The highest BCUT2D eigenvalue weighted by Gasteiger charge is 2.23. The van der Waals surface area contributed by atoms with Crippen LogP contribution in [0.3, 0.4) is 0 Å². The summed E-state index contributed by atoms with van der Waals surface area (Å²) >= 11 is 0. The van der Waals surface area contributed by atoms with Crippen molar-refractivity contribution in [2.75, 3.05) is 36.1 Å². The Morgan fingerprint density at radius 2 is 1.43 bits per heavy atom. The maximum atomic E-state index is 13.9. The second kappa shape index (κ2) is 21.9. The summed E-state index contributed by atoms with van der Waals surface area (Å²) in [5, 5.41) is 23.5. The number of aromatic nitrogens is 8. The highest BCUT2D eigenvalue weighted by atomic mass is 16.5. The molecule has 0 saturated carbocycles. The average molecular weight is 932 g/mol. The Labute approximate surface area is 389 Å². The molecule has 356 valence electrons. The normalized spacial score (nSPS) is 12.1. The van der Waals surface area contributed by atoms with Crippen LogP contribution in [0, 0.1) is 6.92 Å². The van der Waals surface area contributed by atoms with Crippen molar-refractivity contribution in [2.45, 2.75) is 66.7 Å². The molecule has 0 atom stereocenters. The topological polar surface area (TPSA) is 336 Å². The van der Waals surface area contributed by atoms with Gasteiger partial charge in [-0.15, -0.1) is 0 Å². The number of rotatable bonds is 23. The lowest BCUT2D eigenvalue weighted by atomic mass is 10.1. The van der Waals surface area contributed by atoms with Crippen LogP contribution >= 0.6 is 0 Å². The molecule has 6 aromatic rings. The number of carboxylic acids is 1. The SMILES string of the molecule is CCN=C(/C=C(/C)N)C(=O)Nc1nc2cc(C(N)=O)cc(OCCCC(=O)O)c2n1C/C=C/Cn1c(NC(=O)c2cc(C)nn2CC)nc2cc(C(N)=O)cc(OC/C=C/Cn3cc(N)cn3)c21. The Morgan fingerprint density at radius 1 is 0.824 bits per heavy atom. The lowest BCUT2D eigenvalue weighted by Gasteiger charge is -2.13. The molecule has 0 unspecified atom stereocenters. The third-order valence-electron chi connectivity index (χ3n) is 9.98. The van der Waals surface area contributed by atoms with Gasteiger partial charge in [-0.3, -0.25) is 49.0 Å². The first kappa shape index (κ1) is 48.7. The number of imidazole rings is 2. The first-order valence-electron chi connectivity index (χ1n) is 21.5. The Morgan fingerprint density at radius 3 is 1.97 bits per heavy atom. The predicted molar refractivity (Wildman–Crippen MR) is 254 cm³/mol. The Bertz CT molecular complexity index is 3000. The highest BCUT2D eigenvalue weighted by Crippen LogP contribution is 2.33. The van der Waals surface area contributed by atoms with E-state index in [-0.39, 0.29) is 91.4 Å². The molecule has 0 spiro atoms. The molecule has 4 heterocycles. The maximum absolute atomic E-state index is 13.9. The van der Waals surface area contributed by atoms with Crippen molar-refractivity contribution in [3.8, 4) is 11.5 Å². The first-order chi connectivity index (χ1) is 32.6. The summed E-state index contributed by atoms with van der Waals surface area (Å²) in [5.41, 5.74) is 26.5. The van der Waals surface area contributed by atoms with Gasteiger partial charge < -0.3 is 46.6 Å². The smallest absolute Gasteiger partial charge is 0.303 e. The van der Waals surface area contributed by atoms with E-state index < -0.39 is 29.6 Å². The maximum Gasteiger partial charge on any atom is 0.303 e. The lowest BCUT2D eigenvalue weighted by molar-refractivity contribution is -0.137. The molecule has 0 bridgehead atoms. The molecule has 23 nitrogen and oxygen atoms in total. The van der Waals surface area contributed by atoms with Crippen molar-refractivity contribution in [3.05, 3.63) is 101 Å². The third kappa shape index (κ3) is 11.9. The van der Waals surface area contributed by atoms with Crippen molar-refractivity contribution >= 4 is 75.0 Å². The number of aryl methyl sites for hydroxylation is 2. The van der Waals surface area contributed by atoms with E-state index >= 15 is 0 Å². The summed E-state index contributed by atoms with van der Waals surface area (Å²) in [5.74, 6) is -3.06. The molecule has 6 rings (SSSR count). The van der Waals surface area contributed by atoms with Crippen LogP contribution in [0.25, 0.3) is 22.1 Å². The molecular weight excluding hydrogens is 879 g/mol. The highest BCUT2D eigenvalue weighted by molar-refractivity contribution is 6.47. The van der Waals surface area contributed by atoms with Gasteiger partial charge in [0.15, 0.2) is 0 Å². The number of carbonyl (C=O) groups is 5. The van der Waals surface area contributed by atoms with E-state index in [2.05, 4.69) is 30.8 Å². The number of fused-ring (bicyclic) bond motifs is 2. The first-order valence-corrected chi connectivity index (χ1v) is 21.5. The fourth-order valence-electron chi connectivity index (χ4n) is 7.01. The van der Waals surface area contributed by atoms with E-state index in [0.29, 0.717) is 52.4 Å². The van der Waals surface area contributed by atoms with Gasteiger partial charge in [0.25, 0.3) is 11.8 Å². The number of nitrogens with two attached hydrogens (primary N) is 4. The minimum atomic E-state index is -1.01. The zero-order valence-electron chi connectivity index (χ0n) is 37.9. The van der Waals surface area contributed by atoms with Gasteiger partial charge in [0.1, 0.15) is 40.5 Å². The summed E-state index contributed by atoms with van der Waals surface area (Å²) in [6.07, 6.45) is 11.8. The molecular formula is C45H53N15O8. The van der Waals surface area contributed by atoms with E-state index in [1.165, 1.54) is 36.5 Å². The zero-order valence-corrected chi connectivity index (χ0v) is 37.9. The number of aliphatic imine (C=N–C) groups is 1. The van der Waals surface area contributed by atoms with Crippen molar-refractivity contribution in [3.63, 3.8) is 0 Å². The number of allylic oxidation sites excluding steroid dienone is 4. The molecule has 23 heteroatoms. The number of nitrogens with one attached hydrogen (secondary N) is 2. The van der Waals surface area contributed by atoms with E-state index in [4.69, 9.17) is 37.4 Å². The number of amides is 4. The van der Waals surface area contributed by atoms with Gasteiger partial charge >= 0.3 is 5.97 Å². The van der Waals surface area contributed by atoms with Crippen LogP contribution < -0.4 is 43.0 Å². The molecule has 4 amide bonds. The lowest BCUT2D eigenvalue weighted by Crippen LogP contribution is -2.24. The van der Waals surface area contributed by atoms with Gasteiger partial charge in [0, 0.05) is 55.6 Å². The van der Waals surface area contributed by atoms with Crippen LogP contribution in [0.4, 0.5) is 17.6 Å². The monoisotopic (exact) mass is 931 g/mol. The number of primary amides is 2. The summed E-state index contributed by atoms with van der Waals surface area (Å²) in [6.45, 7) is 8.28. The zero-order chi connectivity index (χ0) is 49.1. The van der Waals surface area contributed by atoms with Gasteiger partial charge in [-0.1, -0.05) is 18.2 Å². The second-order valence-corrected chi connectivity index (χ2v) is 15.2. The fourth-order valence-corrected chi connectivity index (χ4v) is 7.01. The Kier molecular flexibility index (Phi) is 15.7. The summed E-state index contributed by atoms with van der Waals surface area (Å²) in [7, 11) is 0. The van der Waals surface area contributed by atoms with Gasteiger partial charge in [0.05, 0.1) is 41.8 Å². The van der Waals surface area contributed by atoms with Crippen LogP contribution in [0.15, 0.2) is 83.8 Å². The summed E-state index contributed by atoms with van der Waals surface area (Å²) in [4.78, 5) is 77.5. The van der Waals surface area contributed by atoms with Gasteiger partial charge in [-0.25, -0.2) is 9.97 Å². The third-order valence-corrected chi connectivity index (χ3v) is 9.98. The van der Waals surface area contributed by atoms with Crippen LogP contribution in [0.2, 0.25) is 0 Å². The molecule has 11 N–H and O–H groups in total. The molecule has 0 saturated heterocycles. The van der Waals surface area contributed by atoms with Crippen molar-refractivity contribution < 1.29 is 38.6 Å². The summed E-state index contributed by atoms with van der Waals surface area (Å²) < 4.78 is 18.8. The van der Waals surface area contributed by atoms with Crippen molar-refractivity contribution in [1.29, 1.82) is 0 Å². The van der Waals surface area contributed by atoms with Crippen molar-refractivity contribution in [2.24, 2.45) is 22.2 Å². The van der Waals surface area contributed by atoms with E-state index in [0.717, 1.165) is 0 Å². The molecule has 0 aliphatic carbocycles. The average Bonchev–Trinajstić information content (AvgIpc) is 4.06. The van der Waals surface area contributed by atoms with Crippen molar-refractivity contribution in [1.82, 2.24) is 38.7 Å². The fraction of sp³-hybridized carbons (Fsp3) is 0.289. The number of hydrogen-bond donors (Lipinski definition) is 7. The predicted octanol–water partition coefficient (Wildman–Crippen LogP) is 3.54. The van der Waals surface area contributed by atoms with Crippen LogP contribution in [0.1, 0.15) is 70.5 Å². The largest absolute Gasteiger partial charge is 0.491 e. The molecule has 0 aliphatic rings. The quantitative estimate of drug-likeness (QED) is 0.0275. The van der Waals surface area contributed by atoms with Crippen LogP contribution in [0.5, 0.6) is 11.5 Å². The van der Waals surface area contributed by atoms with E-state index in [1.54, 1.807) is 69.8 Å². The number of anilines is 3. The standard InChI is InChI=1S/C45H53N15O8/c1-5-50-33(18-26(3)46)42(65)54-44-52-31-20-29(41(49)64)23-36(68-17-11-12-37(61)62)39(31)58(44)14-7-8-15-59-38-32(53-45(59)55-43(66)34-19-27(4)56-60(34)6-2)21-28(40(48)63)22-35(38)67-16-10-9-13-57-25-30(47)24-51-57/h7-10,18-25H,5-6,11-17,46-47H2,1-4H3,(H2,48,63)(H2,49,64)(H,61,62)(H,52,54,65)(H,53,55,66)/b8-7+,10-9+,26-18-,50-33?. The van der Waals surface area contributed by atoms with Gasteiger partial charge in [-0.2, -0.15) is 10.2 Å². The number of aliphatic carboxylic acids is 1. The number of nitrogens with zero attached hydrogens (tertiary/aromatic N) is 9. The molecule has 68 heavy (non-hydrogen) atoms. The molecule has 2 aromatic carbocycles. The molecule has 0 radical (unpaired) electrons. The van der Waals surface area contributed by atoms with Gasteiger partial charge in [0.2, 0.25) is 23.7 Å². The number of benzene rings is 2. The van der Waals surface area contributed by atoms with E-state index in [9.17, 15) is 29.1 Å². The molecule has 4 aromatic heterocycles. The van der Waals surface area contributed by atoms with Crippen LogP contribution in [-0.2, 0) is 35.8 Å². The molecule has 0 fully saturated rings. The minimum Gasteiger partial charge on any atom is -0.491 e. The Hall–Kier alpha value is -8.76. The van der Waals surface area contributed by atoms with Crippen LogP contribution in [-0.4, -0.2) is 98.8 Å². The number of ether oxygens (including phenoxy) is 2. The van der Waals surface area contributed by atoms with E-state index in [1.807, 2.05) is 13.0 Å². The summed E-state index contributed by atoms with van der Waals surface area (Å²) in [6, 6.07) is 7.53.